The smallest absolute Gasteiger partial charge is 0.411 e. The molecule has 0 aromatic heterocycles. The van der Waals surface area contributed by atoms with Crippen molar-refractivity contribution in [2.24, 2.45) is 0 Å². The lowest BCUT2D eigenvalue weighted by molar-refractivity contribution is -1.02. The number of nitrogens with zero attached hydrogens (tertiary/aromatic N) is 1. The number of fused-ring (bicyclic) bond motifs is 3. The SMILES string of the molecule is CCOC(=O)Nc1ccc2c(c1)N(C(=O)C[NH+]1CC[NH+]3CCC[C@@H]3C1)c1ccccc1CC2. The molecule has 0 aliphatic carbocycles. The molecule has 7 nitrogen and oxygen atoms in total. The lowest BCUT2D eigenvalue weighted by Gasteiger charge is -2.33. The molecule has 2 fully saturated rings. The van der Waals surface area contributed by atoms with Gasteiger partial charge >= 0.3 is 6.09 Å². The van der Waals surface area contributed by atoms with Gasteiger partial charge in [-0.15, -0.1) is 0 Å². The second-order valence-corrected chi connectivity index (χ2v) is 9.43. The summed E-state index contributed by atoms with van der Waals surface area (Å²) in [5.74, 6) is 0.121. The van der Waals surface area contributed by atoms with Crippen LogP contribution < -0.4 is 20.0 Å². The molecule has 2 saturated heterocycles. The van der Waals surface area contributed by atoms with Crippen LogP contribution in [0.3, 0.4) is 0 Å². The third-order valence-corrected chi connectivity index (χ3v) is 7.36. The summed E-state index contributed by atoms with van der Waals surface area (Å²) in [6.07, 6.45) is 3.85. The fraction of sp³-hybridized carbons (Fsp3) is 0.462. The number of para-hydroxylation sites is 1. The van der Waals surface area contributed by atoms with Crippen molar-refractivity contribution >= 4 is 29.1 Å². The highest BCUT2D eigenvalue weighted by molar-refractivity contribution is 6.03. The molecule has 3 atom stereocenters. The Hall–Kier alpha value is -2.90. The van der Waals surface area contributed by atoms with Crippen LogP contribution in [0.4, 0.5) is 21.9 Å². The van der Waals surface area contributed by atoms with Gasteiger partial charge in [0.2, 0.25) is 0 Å². The number of piperazine rings is 1. The average Bonchev–Trinajstić information content (AvgIpc) is 3.20. The van der Waals surface area contributed by atoms with Crippen molar-refractivity contribution in [3.05, 3.63) is 53.6 Å². The minimum atomic E-state index is -0.481. The van der Waals surface area contributed by atoms with Gasteiger partial charge < -0.3 is 14.5 Å². The van der Waals surface area contributed by atoms with E-state index in [-0.39, 0.29) is 5.91 Å². The summed E-state index contributed by atoms with van der Waals surface area (Å²) < 4.78 is 5.04. The number of rotatable bonds is 4. The van der Waals surface area contributed by atoms with Crippen LogP contribution in [0, 0.1) is 0 Å². The van der Waals surface area contributed by atoms with Crippen molar-refractivity contribution < 1.29 is 24.1 Å². The van der Waals surface area contributed by atoms with Crippen molar-refractivity contribution in [3.63, 3.8) is 0 Å². The number of nitrogens with one attached hydrogen (secondary N) is 3. The molecule has 3 aliphatic rings. The van der Waals surface area contributed by atoms with Crippen molar-refractivity contribution in [1.82, 2.24) is 0 Å². The van der Waals surface area contributed by atoms with E-state index in [0.29, 0.717) is 24.9 Å². The van der Waals surface area contributed by atoms with Gasteiger partial charge in [-0.3, -0.25) is 15.0 Å². The van der Waals surface area contributed by atoms with E-state index in [0.717, 1.165) is 49.4 Å². The summed E-state index contributed by atoms with van der Waals surface area (Å²) in [7, 11) is 0. The van der Waals surface area contributed by atoms with Crippen LogP contribution in [0.5, 0.6) is 0 Å². The molecule has 3 N–H and O–H groups in total. The topological polar surface area (TPSA) is 67.5 Å². The van der Waals surface area contributed by atoms with E-state index in [1.54, 1.807) is 11.8 Å². The molecular weight excluding hydrogens is 416 g/mol. The number of anilines is 3. The van der Waals surface area contributed by atoms with E-state index in [2.05, 4.69) is 11.4 Å². The zero-order valence-electron chi connectivity index (χ0n) is 19.4. The number of ether oxygens (including phenoxy) is 1. The van der Waals surface area contributed by atoms with Gasteiger partial charge in [-0.25, -0.2) is 4.79 Å². The normalized spacial score (nSPS) is 23.7. The number of carbonyl (C=O) groups is 2. The molecule has 0 saturated carbocycles. The third kappa shape index (κ3) is 4.61. The first-order valence-electron chi connectivity index (χ1n) is 12.3. The number of hydrogen-bond donors (Lipinski definition) is 3. The molecular formula is C26H34N4O3+2. The minimum Gasteiger partial charge on any atom is -0.450 e. The van der Waals surface area contributed by atoms with Crippen LogP contribution in [0.1, 0.15) is 30.9 Å². The summed E-state index contributed by atoms with van der Waals surface area (Å²) >= 11 is 0. The van der Waals surface area contributed by atoms with E-state index < -0.39 is 6.09 Å². The minimum absolute atomic E-state index is 0.121. The highest BCUT2D eigenvalue weighted by atomic mass is 16.5. The van der Waals surface area contributed by atoms with Crippen LogP contribution in [-0.4, -0.2) is 57.4 Å². The molecule has 3 heterocycles. The largest absolute Gasteiger partial charge is 0.450 e. The van der Waals surface area contributed by atoms with Gasteiger partial charge in [-0.05, 0) is 49.1 Å². The molecule has 0 radical (unpaired) electrons. The Balaban J connectivity index is 1.44. The Bertz CT molecular complexity index is 1040. The van der Waals surface area contributed by atoms with Gasteiger partial charge in [-0.2, -0.15) is 0 Å². The van der Waals surface area contributed by atoms with Crippen LogP contribution in [0.25, 0.3) is 0 Å². The quantitative estimate of drug-likeness (QED) is 0.650. The van der Waals surface area contributed by atoms with Gasteiger partial charge in [0.25, 0.3) is 5.91 Å². The van der Waals surface area contributed by atoms with Gasteiger partial charge in [0.1, 0.15) is 25.7 Å². The zero-order chi connectivity index (χ0) is 22.8. The molecule has 0 bridgehead atoms. The van der Waals surface area contributed by atoms with Crippen LogP contribution in [0.2, 0.25) is 0 Å². The molecule has 0 spiro atoms. The molecule has 174 valence electrons. The lowest BCUT2D eigenvalue weighted by atomic mass is 10.0. The Kier molecular flexibility index (Phi) is 6.33. The fourth-order valence-electron chi connectivity index (χ4n) is 5.76. The van der Waals surface area contributed by atoms with E-state index >= 15 is 0 Å². The second kappa shape index (κ2) is 9.53. The molecule has 33 heavy (non-hydrogen) atoms. The Morgan fingerprint density at radius 1 is 1.06 bits per heavy atom. The van der Waals surface area contributed by atoms with Gasteiger partial charge in [0, 0.05) is 18.5 Å². The molecule has 2 amide bonds. The summed E-state index contributed by atoms with van der Waals surface area (Å²) in [4.78, 5) is 30.9. The summed E-state index contributed by atoms with van der Waals surface area (Å²) in [5, 5.41) is 2.80. The van der Waals surface area contributed by atoms with Crippen molar-refractivity contribution in [2.45, 2.75) is 38.6 Å². The van der Waals surface area contributed by atoms with E-state index in [4.69, 9.17) is 4.74 Å². The maximum atomic E-state index is 13.9. The van der Waals surface area contributed by atoms with E-state index in [1.165, 1.54) is 29.8 Å². The Morgan fingerprint density at radius 3 is 2.73 bits per heavy atom. The number of amides is 2. The number of aryl methyl sites for hydroxylation is 2. The first-order chi connectivity index (χ1) is 16.1. The van der Waals surface area contributed by atoms with Gasteiger partial charge in [0.15, 0.2) is 6.54 Å². The Morgan fingerprint density at radius 2 is 1.88 bits per heavy atom. The number of hydrogen-bond acceptors (Lipinski definition) is 3. The first kappa shape index (κ1) is 21.9. The number of benzene rings is 2. The van der Waals surface area contributed by atoms with Crippen molar-refractivity contribution in [3.8, 4) is 0 Å². The van der Waals surface area contributed by atoms with Crippen LogP contribution in [0.15, 0.2) is 42.5 Å². The third-order valence-electron chi connectivity index (χ3n) is 7.36. The Labute approximate surface area is 195 Å². The maximum absolute atomic E-state index is 13.9. The molecule has 5 rings (SSSR count). The highest BCUT2D eigenvalue weighted by Gasteiger charge is 2.38. The lowest BCUT2D eigenvalue weighted by Crippen LogP contribution is -3.30. The summed E-state index contributed by atoms with van der Waals surface area (Å²) in [5.41, 5.74) is 4.76. The van der Waals surface area contributed by atoms with E-state index in [9.17, 15) is 9.59 Å². The predicted molar refractivity (Wildman–Crippen MR) is 127 cm³/mol. The fourth-order valence-corrected chi connectivity index (χ4v) is 5.76. The molecule has 2 aromatic carbocycles. The summed E-state index contributed by atoms with van der Waals surface area (Å²) in [6, 6.07) is 14.7. The molecule has 2 aromatic rings. The second-order valence-electron chi connectivity index (χ2n) is 9.43. The monoisotopic (exact) mass is 450 g/mol. The average molecular weight is 451 g/mol. The van der Waals surface area contributed by atoms with E-state index in [1.807, 2.05) is 41.3 Å². The molecule has 2 unspecified atom stereocenters. The number of quaternary nitrogens is 2. The van der Waals surface area contributed by atoms with Crippen LogP contribution in [-0.2, 0) is 22.4 Å². The summed E-state index contributed by atoms with van der Waals surface area (Å²) in [6.45, 7) is 7.16. The molecule has 7 heteroatoms. The van der Waals surface area contributed by atoms with Crippen LogP contribution >= 0.6 is 0 Å². The molecule has 3 aliphatic heterocycles. The van der Waals surface area contributed by atoms with Crippen molar-refractivity contribution in [2.75, 3.05) is 49.5 Å². The van der Waals surface area contributed by atoms with Gasteiger partial charge in [-0.1, -0.05) is 24.3 Å². The predicted octanol–water partition coefficient (Wildman–Crippen LogP) is 0.964. The highest BCUT2D eigenvalue weighted by Crippen LogP contribution is 2.37. The maximum Gasteiger partial charge on any atom is 0.411 e. The number of carbonyl (C=O) groups excluding carboxylic acids is 2. The standard InChI is InChI=1S/C26H32N4O3/c1-2-33-26(32)27-21-12-11-20-10-9-19-6-3-4-8-23(19)30(24(20)16-21)25(31)18-28-14-15-29-13-5-7-22(29)17-28/h3-4,6,8,11-12,16,22H,2,5,7,9-10,13-15,17-18H2,1H3,(H,27,32)/p+2/t22-/m1/s1. The first-order valence-corrected chi connectivity index (χ1v) is 12.3. The van der Waals surface area contributed by atoms with Gasteiger partial charge in [0.05, 0.1) is 24.5 Å². The zero-order valence-corrected chi connectivity index (χ0v) is 19.4. The van der Waals surface area contributed by atoms with Crippen molar-refractivity contribution in [1.29, 1.82) is 0 Å².